The number of amides is 1. The van der Waals surface area contributed by atoms with Gasteiger partial charge in [-0.1, -0.05) is 12.1 Å². The number of methoxy groups -OCH3 is 1. The molecule has 3 atom stereocenters. The number of rotatable bonds is 7. The first-order valence-corrected chi connectivity index (χ1v) is 11.3. The lowest BCUT2D eigenvalue weighted by Crippen LogP contribution is -2.53. The van der Waals surface area contributed by atoms with Crippen LogP contribution in [0.3, 0.4) is 0 Å². The second-order valence-corrected chi connectivity index (χ2v) is 8.98. The van der Waals surface area contributed by atoms with Crippen LogP contribution in [0, 0.1) is 11.7 Å². The Kier molecular flexibility index (Phi) is 5.93. The van der Waals surface area contributed by atoms with E-state index in [1.807, 2.05) is 6.07 Å². The van der Waals surface area contributed by atoms with Crippen LogP contribution in [0.4, 0.5) is 13.2 Å². The summed E-state index contributed by atoms with van der Waals surface area (Å²) >= 11 is 0. The first kappa shape index (κ1) is 23.0. The average molecular weight is 477 g/mol. The predicted octanol–water partition coefficient (Wildman–Crippen LogP) is 4.37. The van der Waals surface area contributed by atoms with Gasteiger partial charge >= 0.3 is 0 Å². The number of nitrogens with zero attached hydrogens (tertiary/aromatic N) is 1. The minimum Gasteiger partial charge on any atom is -0.493 e. The van der Waals surface area contributed by atoms with Crippen LogP contribution in [0.2, 0.25) is 0 Å². The van der Waals surface area contributed by atoms with Gasteiger partial charge in [0.25, 0.3) is 11.8 Å². The molecule has 0 N–H and O–H groups in total. The Labute approximate surface area is 195 Å². The molecule has 5 rings (SSSR count). The van der Waals surface area contributed by atoms with Gasteiger partial charge in [-0.3, -0.25) is 4.79 Å². The van der Waals surface area contributed by atoms with Gasteiger partial charge in [0, 0.05) is 30.9 Å². The second-order valence-electron chi connectivity index (χ2n) is 8.98. The van der Waals surface area contributed by atoms with E-state index in [2.05, 4.69) is 0 Å². The number of piperidine rings is 1. The Morgan fingerprint density at radius 2 is 2.03 bits per heavy atom. The number of alkyl halides is 2. The van der Waals surface area contributed by atoms with Crippen molar-refractivity contribution < 1.29 is 36.9 Å². The lowest BCUT2D eigenvalue weighted by atomic mass is 9.82. The molecule has 2 heterocycles. The van der Waals surface area contributed by atoms with Crippen LogP contribution in [0.1, 0.15) is 35.2 Å². The van der Waals surface area contributed by atoms with Gasteiger partial charge in [0.05, 0.1) is 20.3 Å². The van der Waals surface area contributed by atoms with Gasteiger partial charge in [-0.25, -0.2) is 13.2 Å². The van der Waals surface area contributed by atoms with Gasteiger partial charge in [0.2, 0.25) is 0 Å². The summed E-state index contributed by atoms with van der Waals surface area (Å²) in [6.45, 7) is 0.934. The fourth-order valence-electron chi connectivity index (χ4n) is 4.82. The summed E-state index contributed by atoms with van der Waals surface area (Å²) in [5.74, 6) is -2.98. The van der Waals surface area contributed by atoms with E-state index in [0.29, 0.717) is 42.1 Å². The number of hydrogen-bond donors (Lipinski definition) is 0. The molecule has 0 aromatic heterocycles. The molecule has 3 fully saturated rings. The van der Waals surface area contributed by atoms with Crippen molar-refractivity contribution in [2.75, 3.05) is 33.6 Å². The van der Waals surface area contributed by atoms with Gasteiger partial charge in [0.1, 0.15) is 24.3 Å². The number of carbonyl (C=O) groups excluding carboxylic acids is 1. The second kappa shape index (κ2) is 8.78. The van der Waals surface area contributed by atoms with Crippen molar-refractivity contribution in [3.63, 3.8) is 0 Å². The van der Waals surface area contributed by atoms with Crippen molar-refractivity contribution in [2.45, 2.75) is 36.9 Å². The smallest absolute Gasteiger partial charge is 0.254 e. The molecule has 2 unspecified atom stereocenters. The van der Waals surface area contributed by atoms with Crippen LogP contribution in [-0.2, 0) is 15.1 Å². The standard InChI is InChI=1S/C25H26F3NO5/c1-31-21-11-16(5-6-20(21)32-10-7-18-13-25(18,27)28)23(30)29-9-8-24(22(14-29)33-15-34-24)17-3-2-4-19(26)12-17/h2-6,11-12,18,22H,7-10,13-15H2,1H3/t18?,22?,24-/m1/s1. The fraction of sp³-hybridized carbons (Fsp3) is 0.480. The molecular weight excluding hydrogens is 451 g/mol. The van der Waals surface area contributed by atoms with E-state index in [-0.39, 0.29) is 38.0 Å². The van der Waals surface area contributed by atoms with Crippen LogP contribution in [0.15, 0.2) is 42.5 Å². The Balaban J connectivity index is 1.26. The number of ether oxygens (including phenoxy) is 4. The highest BCUT2D eigenvalue weighted by Gasteiger charge is 2.56. The Bertz CT molecular complexity index is 1080. The molecule has 0 radical (unpaired) electrons. The van der Waals surface area contributed by atoms with Crippen molar-refractivity contribution in [1.82, 2.24) is 4.90 Å². The SMILES string of the molecule is COc1cc(C(=O)N2CC[C@]3(c4cccc(F)c4)OCOC3C2)ccc1OCCC1CC1(F)F. The molecule has 9 heteroatoms. The third kappa shape index (κ3) is 4.22. The number of likely N-dealkylation sites (tertiary alicyclic amines) is 1. The molecule has 1 aliphatic carbocycles. The quantitative estimate of drug-likeness (QED) is 0.593. The van der Waals surface area contributed by atoms with Crippen molar-refractivity contribution >= 4 is 5.91 Å². The molecule has 182 valence electrons. The van der Waals surface area contributed by atoms with E-state index < -0.39 is 23.5 Å². The largest absolute Gasteiger partial charge is 0.493 e. The maximum absolute atomic E-state index is 13.8. The summed E-state index contributed by atoms with van der Waals surface area (Å²) in [5.41, 5.74) is 0.330. The minimum absolute atomic E-state index is 0.0792. The van der Waals surface area contributed by atoms with E-state index in [1.54, 1.807) is 29.2 Å². The summed E-state index contributed by atoms with van der Waals surface area (Å²) in [5, 5.41) is 0. The molecule has 2 aliphatic heterocycles. The van der Waals surface area contributed by atoms with Crippen LogP contribution in [0.25, 0.3) is 0 Å². The number of hydrogen-bond acceptors (Lipinski definition) is 5. The summed E-state index contributed by atoms with van der Waals surface area (Å²) < 4.78 is 62.7. The summed E-state index contributed by atoms with van der Waals surface area (Å²) in [6.07, 6.45) is 0.225. The Morgan fingerprint density at radius 3 is 2.76 bits per heavy atom. The first-order valence-electron chi connectivity index (χ1n) is 11.3. The van der Waals surface area contributed by atoms with Gasteiger partial charge in [-0.15, -0.1) is 0 Å². The van der Waals surface area contributed by atoms with E-state index in [9.17, 15) is 18.0 Å². The van der Waals surface area contributed by atoms with E-state index in [4.69, 9.17) is 18.9 Å². The molecule has 6 nitrogen and oxygen atoms in total. The number of benzene rings is 2. The zero-order valence-electron chi connectivity index (χ0n) is 18.8. The molecule has 0 spiro atoms. The predicted molar refractivity (Wildman–Crippen MR) is 116 cm³/mol. The lowest BCUT2D eigenvalue weighted by molar-refractivity contribution is -0.0441. The van der Waals surface area contributed by atoms with E-state index in [1.165, 1.54) is 19.2 Å². The third-order valence-electron chi connectivity index (χ3n) is 6.94. The summed E-state index contributed by atoms with van der Waals surface area (Å²) in [6, 6.07) is 11.1. The zero-order valence-corrected chi connectivity index (χ0v) is 18.8. The van der Waals surface area contributed by atoms with Crippen molar-refractivity contribution in [3.05, 3.63) is 59.4 Å². The number of fused-ring (bicyclic) bond motifs is 1. The van der Waals surface area contributed by atoms with Crippen LogP contribution in [0.5, 0.6) is 11.5 Å². The molecule has 2 saturated heterocycles. The van der Waals surface area contributed by atoms with Crippen LogP contribution >= 0.6 is 0 Å². The van der Waals surface area contributed by atoms with Gasteiger partial charge in [0.15, 0.2) is 11.5 Å². The normalized spacial score (nSPS) is 27.2. The minimum atomic E-state index is -2.57. The number of carbonyl (C=O) groups is 1. The maximum atomic E-state index is 13.8. The molecule has 2 aromatic rings. The van der Waals surface area contributed by atoms with E-state index in [0.717, 1.165) is 0 Å². The Morgan fingerprint density at radius 1 is 1.21 bits per heavy atom. The molecular formula is C25H26F3NO5. The highest BCUT2D eigenvalue weighted by molar-refractivity contribution is 5.95. The molecule has 0 bridgehead atoms. The zero-order chi connectivity index (χ0) is 23.9. The molecule has 1 amide bonds. The van der Waals surface area contributed by atoms with Crippen LogP contribution < -0.4 is 9.47 Å². The lowest BCUT2D eigenvalue weighted by Gasteiger charge is -2.42. The maximum Gasteiger partial charge on any atom is 0.254 e. The van der Waals surface area contributed by atoms with E-state index >= 15 is 0 Å². The highest BCUT2D eigenvalue weighted by Crippen LogP contribution is 2.50. The van der Waals surface area contributed by atoms with Gasteiger partial charge in [-0.05, 0) is 42.3 Å². The highest BCUT2D eigenvalue weighted by atomic mass is 19.3. The monoisotopic (exact) mass is 477 g/mol. The van der Waals surface area contributed by atoms with Crippen molar-refractivity contribution in [3.8, 4) is 11.5 Å². The topological polar surface area (TPSA) is 57.2 Å². The fourth-order valence-corrected chi connectivity index (χ4v) is 4.82. The molecule has 34 heavy (non-hydrogen) atoms. The average Bonchev–Trinajstić information content (AvgIpc) is 3.24. The molecule has 1 saturated carbocycles. The summed E-state index contributed by atoms with van der Waals surface area (Å²) in [7, 11) is 1.46. The summed E-state index contributed by atoms with van der Waals surface area (Å²) in [4.78, 5) is 14.9. The van der Waals surface area contributed by atoms with Crippen molar-refractivity contribution in [1.29, 1.82) is 0 Å². The van der Waals surface area contributed by atoms with Gasteiger partial charge < -0.3 is 23.8 Å². The Hall–Kier alpha value is -2.78. The third-order valence-corrected chi connectivity index (χ3v) is 6.94. The first-order chi connectivity index (χ1) is 16.3. The molecule has 3 aliphatic rings. The molecule has 2 aromatic carbocycles. The number of halogens is 3. The van der Waals surface area contributed by atoms with Crippen LogP contribution in [-0.4, -0.2) is 56.4 Å². The van der Waals surface area contributed by atoms with Crippen molar-refractivity contribution in [2.24, 2.45) is 5.92 Å². The van der Waals surface area contributed by atoms with Gasteiger partial charge in [-0.2, -0.15) is 0 Å².